The molecule has 0 aliphatic rings. The normalized spacial score (nSPS) is 11.6. The van der Waals surface area contributed by atoms with Crippen molar-refractivity contribution in [3.05, 3.63) is 51.3 Å². The molecule has 1 aromatic carbocycles. The maximum absolute atomic E-state index is 11.9. The highest BCUT2D eigenvalue weighted by Gasteiger charge is 2.19. The third-order valence-electron chi connectivity index (χ3n) is 2.87. The van der Waals surface area contributed by atoms with Crippen LogP contribution in [0.3, 0.4) is 0 Å². The fourth-order valence-electron chi connectivity index (χ4n) is 1.94. The number of benzene rings is 1. The molecule has 0 amide bonds. The summed E-state index contributed by atoms with van der Waals surface area (Å²) in [6, 6.07) is 7.23. The number of ether oxygens (including phenoxy) is 1. The van der Waals surface area contributed by atoms with Gasteiger partial charge in [-0.2, -0.15) is 0 Å². The van der Waals surface area contributed by atoms with Gasteiger partial charge in [0.1, 0.15) is 5.69 Å². The summed E-state index contributed by atoms with van der Waals surface area (Å²) in [6.07, 6.45) is 1.38. The van der Waals surface area contributed by atoms with Crippen LogP contribution < -0.4 is 0 Å². The van der Waals surface area contributed by atoms with E-state index >= 15 is 0 Å². The van der Waals surface area contributed by atoms with Crippen LogP contribution in [0.25, 0.3) is 17.0 Å². The number of hydrogen-bond donors (Lipinski definition) is 1. The Bertz CT molecular complexity index is 700. The van der Waals surface area contributed by atoms with Crippen molar-refractivity contribution in [3.8, 4) is 0 Å². The van der Waals surface area contributed by atoms with E-state index in [-0.39, 0.29) is 18.0 Å². The van der Waals surface area contributed by atoms with Gasteiger partial charge in [0.2, 0.25) is 5.70 Å². The highest BCUT2D eigenvalue weighted by atomic mass is 16.6. The number of nitrogens with zero attached hydrogens (tertiary/aromatic N) is 1. The lowest BCUT2D eigenvalue weighted by atomic mass is 10.1. The fraction of sp³-hybridized carbons (Fsp3) is 0.214. The molecule has 0 radical (unpaired) electrons. The minimum atomic E-state index is -0.522. The number of aromatic nitrogens is 1. The van der Waals surface area contributed by atoms with Gasteiger partial charge in [-0.1, -0.05) is 18.2 Å². The summed E-state index contributed by atoms with van der Waals surface area (Å²) in [5.41, 5.74) is 1.40. The number of fused-ring (bicyclic) bond motifs is 1. The Hall–Kier alpha value is -2.63. The predicted molar refractivity (Wildman–Crippen MR) is 74.9 cm³/mol. The molecule has 0 spiro atoms. The number of H-pyrrole nitrogens is 1. The van der Waals surface area contributed by atoms with Crippen molar-refractivity contribution in [1.29, 1.82) is 0 Å². The smallest absolute Gasteiger partial charge is 0.355 e. The summed E-state index contributed by atoms with van der Waals surface area (Å²) in [7, 11) is 0. The van der Waals surface area contributed by atoms with Crippen molar-refractivity contribution in [1.82, 2.24) is 4.98 Å². The molecule has 0 bridgehead atoms. The van der Waals surface area contributed by atoms with E-state index in [0.717, 1.165) is 10.9 Å². The lowest BCUT2D eigenvalue weighted by molar-refractivity contribution is -0.422. The Morgan fingerprint density at radius 3 is 2.80 bits per heavy atom. The van der Waals surface area contributed by atoms with Gasteiger partial charge in [0.15, 0.2) is 0 Å². The van der Waals surface area contributed by atoms with E-state index < -0.39 is 10.9 Å². The maximum atomic E-state index is 11.9. The average molecular weight is 274 g/mol. The summed E-state index contributed by atoms with van der Waals surface area (Å²) in [4.78, 5) is 25.2. The predicted octanol–water partition coefficient (Wildman–Crippen LogP) is 2.98. The average Bonchev–Trinajstić information content (AvgIpc) is 2.78. The van der Waals surface area contributed by atoms with Crippen LogP contribution in [0.15, 0.2) is 30.0 Å². The third kappa shape index (κ3) is 2.54. The number of hydrogen-bond acceptors (Lipinski definition) is 4. The maximum Gasteiger partial charge on any atom is 0.355 e. The van der Waals surface area contributed by atoms with E-state index in [2.05, 4.69) is 4.98 Å². The molecule has 6 heteroatoms. The first-order chi connectivity index (χ1) is 9.54. The molecule has 2 rings (SSSR count). The lowest BCUT2D eigenvalue weighted by Gasteiger charge is -2.00. The Morgan fingerprint density at radius 2 is 2.15 bits per heavy atom. The second-order valence-corrected chi connectivity index (χ2v) is 4.22. The minimum Gasteiger partial charge on any atom is -0.461 e. The lowest BCUT2D eigenvalue weighted by Crippen LogP contribution is -2.07. The first-order valence-electron chi connectivity index (χ1n) is 6.15. The zero-order valence-corrected chi connectivity index (χ0v) is 11.2. The number of nitro groups is 1. The summed E-state index contributed by atoms with van der Waals surface area (Å²) in [5, 5.41) is 11.5. The summed E-state index contributed by atoms with van der Waals surface area (Å²) >= 11 is 0. The van der Waals surface area contributed by atoms with Gasteiger partial charge in [-0.25, -0.2) is 4.79 Å². The Morgan fingerprint density at radius 1 is 1.45 bits per heavy atom. The topological polar surface area (TPSA) is 85.2 Å². The molecule has 1 aromatic heterocycles. The summed E-state index contributed by atoms with van der Waals surface area (Å²) < 4.78 is 4.97. The zero-order chi connectivity index (χ0) is 14.7. The monoisotopic (exact) mass is 274 g/mol. The van der Waals surface area contributed by atoms with Crippen LogP contribution >= 0.6 is 0 Å². The van der Waals surface area contributed by atoms with Crippen molar-refractivity contribution in [2.45, 2.75) is 13.8 Å². The molecular weight excluding hydrogens is 260 g/mol. The van der Waals surface area contributed by atoms with E-state index in [9.17, 15) is 14.9 Å². The van der Waals surface area contributed by atoms with Crippen molar-refractivity contribution in [2.24, 2.45) is 0 Å². The molecule has 1 N–H and O–H groups in total. The van der Waals surface area contributed by atoms with Gasteiger partial charge in [0, 0.05) is 29.5 Å². The number of esters is 1. The molecule has 1 heterocycles. The SMILES string of the molecule is CCOC(=O)c1[nH]c2ccccc2c1/C=C(\C)[N+](=O)[O-]. The van der Waals surface area contributed by atoms with Gasteiger partial charge in [-0.05, 0) is 13.0 Å². The van der Waals surface area contributed by atoms with E-state index in [0.29, 0.717) is 5.56 Å². The van der Waals surface area contributed by atoms with Gasteiger partial charge in [-0.3, -0.25) is 10.1 Å². The van der Waals surface area contributed by atoms with Gasteiger partial charge in [-0.15, -0.1) is 0 Å². The molecule has 0 unspecified atom stereocenters. The first-order valence-corrected chi connectivity index (χ1v) is 6.15. The Labute approximate surface area is 115 Å². The summed E-state index contributed by atoms with van der Waals surface area (Å²) in [6.45, 7) is 3.33. The molecule has 104 valence electrons. The number of carbonyl (C=O) groups excluding carboxylic acids is 1. The number of carbonyl (C=O) groups is 1. The second-order valence-electron chi connectivity index (χ2n) is 4.22. The molecule has 0 saturated heterocycles. The van der Waals surface area contributed by atoms with Crippen LogP contribution in [0.2, 0.25) is 0 Å². The van der Waals surface area contributed by atoms with E-state index in [4.69, 9.17) is 4.74 Å². The van der Waals surface area contributed by atoms with Gasteiger partial charge >= 0.3 is 5.97 Å². The molecule has 0 atom stereocenters. The molecule has 0 fully saturated rings. The van der Waals surface area contributed by atoms with Crippen molar-refractivity contribution in [2.75, 3.05) is 6.61 Å². The Balaban J connectivity index is 2.65. The van der Waals surface area contributed by atoms with Crippen LogP contribution in [0.5, 0.6) is 0 Å². The fourth-order valence-corrected chi connectivity index (χ4v) is 1.94. The molecule has 0 aliphatic heterocycles. The van der Waals surface area contributed by atoms with Crippen LogP contribution in [-0.4, -0.2) is 22.5 Å². The molecule has 20 heavy (non-hydrogen) atoms. The number of nitrogens with one attached hydrogen (secondary N) is 1. The van der Waals surface area contributed by atoms with Crippen molar-refractivity contribution < 1.29 is 14.5 Å². The summed E-state index contributed by atoms with van der Waals surface area (Å²) in [5.74, 6) is -0.522. The van der Waals surface area contributed by atoms with Crippen LogP contribution in [-0.2, 0) is 4.74 Å². The highest BCUT2D eigenvalue weighted by molar-refractivity contribution is 6.02. The molecule has 2 aromatic rings. The number of para-hydroxylation sites is 1. The van der Waals surface area contributed by atoms with Crippen molar-refractivity contribution >= 4 is 22.9 Å². The number of aromatic amines is 1. The van der Waals surface area contributed by atoms with Crippen molar-refractivity contribution in [3.63, 3.8) is 0 Å². The molecule has 0 aliphatic carbocycles. The molecule has 0 saturated carbocycles. The second kappa shape index (κ2) is 5.56. The van der Waals surface area contributed by atoms with Gasteiger partial charge < -0.3 is 9.72 Å². The third-order valence-corrected chi connectivity index (χ3v) is 2.87. The highest BCUT2D eigenvalue weighted by Crippen LogP contribution is 2.25. The molecular formula is C14H14N2O4. The van der Waals surface area contributed by atoms with Gasteiger partial charge in [0.05, 0.1) is 11.5 Å². The largest absolute Gasteiger partial charge is 0.461 e. The standard InChI is InChI=1S/C14H14N2O4/c1-3-20-14(17)13-11(8-9(2)16(18)19)10-6-4-5-7-12(10)15-13/h4-8,15H,3H2,1-2H3/b9-8+. The van der Waals surface area contributed by atoms with E-state index in [1.165, 1.54) is 13.0 Å². The van der Waals surface area contributed by atoms with Crippen LogP contribution in [0.4, 0.5) is 0 Å². The van der Waals surface area contributed by atoms with E-state index in [1.54, 1.807) is 19.1 Å². The zero-order valence-electron chi connectivity index (χ0n) is 11.2. The van der Waals surface area contributed by atoms with E-state index in [1.807, 2.05) is 12.1 Å². The van der Waals surface area contributed by atoms with Crippen LogP contribution in [0.1, 0.15) is 29.9 Å². The molecule has 6 nitrogen and oxygen atoms in total. The number of rotatable bonds is 4. The van der Waals surface area contributed by atoms with Crippen LogP contribution in [0, 0.1) is 10.1 Å². The number of allylic oxidation sites excluding steroid dienone is 1. The first kappa shape index (κ1) is 13.8. The Kier molecular flexibility index (Phi) is 3.84. The van der Waals surface area contributed by atoms with Gasteiger partial charge in [0.25, 0.3) is 0 Å². The minimum absolute atomic E-state index is 0.0414. The quantitative estimate of drug-likeness (QED) is 0.527.